The smallest absolute Gasteiger partial charge is 0.337 e. The predicted molar refractivity (Wildman–Crippen MR) is 98.9 cm³/mol. The Labute approximate surface area is 162 Å². The Kier molecular flexibility index (Phi) is 6.35. The van der Waals surface area contributed by atoms with Crippen molar-refractivity contribution in [3.8, 4) is 5.69 Å². The lowest BCUT2D eigenvalue weighted by atomic mass is 10.1. The van der Waals surface area contributed by atoms with E-state index in [0.717, 1.165) is 0 Å². The van der Waals surface area contributed by atoms with Crippen molar-refractivity contribution in [3.63, 3.8) is 0 Å². The molecule has 1 heterocycles. The summed E-state index contributed by atoms with van der Waals surface area (Å²) in [7, 11) is 2.48. The van der Waals surface area contributed by atoms with Crippen molar-refractivity contribution in [1.82, 2.24) is 4.57 Å². The number of carbonyl (C=O) groups excluding carboxylic acids is 4. The largest absolute Gasteiger partial charge is 0.465 e. The van der Waals surface area contributed by atoms with E-state index in [-0.39, 0.29) is 23.5 Å². The molecule has 0 unspecified atom stereocenters. The topological polar surface area (TPSA) is 101 Å². The van der Waals surface area contributed by atoms with Crippen molar-refractivity contribution in [2.45, 2.75) is 20.8 Å². The van der Waals surface area contributed by atoms with E-state index in [2.05, 4.69) is 0 Å². The van der Waals surface area contributed by atoms with Crippen LogP contribution in [0.2, 0.25) is 0 Å². The molecule has 0 fully saturated rings. The number of esters is 3. The molecule has 0 spiro atoms. The van der Waals surface area contributed by atoms with Gasteiger partial charge in [-0.15, -0.1) is 0 Å². The lowest BCUT2D eigenvalue weighted by Gasteiger charge is -2.13. The van der Waals surface area contributed by atoms with Crippen molar-refractivity contribution in [3.05, 3.63) is 52.3 Å². The Bertz CT molecular complexity index is 921. The number of aryl methyl sites for hydroxylation is 1. The fraction of sp³-hybridized carbons (Fsp3) is 0.300. The summed E-state index contributed by atoms with van der Waals surface area (Å²) in [6.45, 7) is 4.35. The van der Waals surface area contributed by atoms with Gasteiger partial charge in [-0.05, 0) is 38.1 Å². The number of benzene rings is 1. The number of hydrogen-bond donors (Lipinski definition) is 0. The number of hydrogen-bond acceptors (Lipinski definition) is 7. The van der Waals surface area contributed by atoms with Crippen LogP contribution < -0.4 is 0 Å². The van der Waals surface area contributed by atoms with Crippen LogP contribution in [0.25, 0.3) is 5.69 Å². The van der Waals surface area contributed by atoms with Crippen LogP contribution in [0.15, 0.2) is 24.3 Å². The molecule has 1 aromatic carbocycles. The second-order valence-electron chi connectivity index (χ2n) is 6.08. The number of carbonyl (C=O) groups is 4. The summed E-state index contributed by atoms with van der Waals surface area (Å²) in [5, 5.41) is 0. The van der Waals surface area contributed by atoms with Gasteiger partial charge in [0.15, 0.2) is 6.61 Å². The first-order valence-electron chi connectivity index (χ1n) is 8.37. The highest BCUT2D eigenvalue weighted by Gasteiger charge is 2.20. The first kappa shape index (κ1) is 20.9. The molecule has 0 aliphatic carbocycles. The summed E-state index contributed by atoms with van der Waals surface area (Å²) in [6.07, 6.45) is 0. The summed E-state index contributed by atoms with van der Waals surface area (Å²) in [6, 6.07) is 6.14. The number of nitrogens with zero attached hydrogens (tertiary/aromatic N) is 1. The second kappa shape index (κ2) is 8.51. The van der Waals surface area contributed by atoms with Crippen LogP contribution in [0.3, 0.4) is 0 Å². The molecular weight excluding hydrogens is 366 g/mol. The van der Waals surface area contributed by atoms with Crippen molar-refractivity contribution in [1.29, 1.82) is 0 Å². The van der Waals surface area contributed by atoms with E-state index in [1.165, 1.54) is 27.2 Å². The zero-order valence-corrected chi connectivity index (χ0v) is 16.3. The van der Waals surface area contributed by atoms with E-state index in [1.54, 1.807) is 36.6 Å². The average Bonchev–Trinajstić information content (AvgIpc) is 2.98. The lowest BCUT2D eigenvalue weighted by Crippen LogP contribution is -2.13. The van der Waals surface area contributed by atoms with E-state index in [9.17, 15) is 19.2 Å². The maximum absolute atomic E-state index is 12.4. The zero-order chi connectivity index (χ0) is 21.0. The van der Waals surface area contributed by atoms with E-state index >= 15 is 0 Å². The van der Waals surface area contributed by atoms with Crippen molar-refractivity contribution >= 4 is 23.7 Å². The number of ketones is 1. The fourth-order valence-corrected chi connectivity index (χ4v) is 2.90. The first-order valence-corrected chi connectivity index (χ1v) is 8.37. The second-order valence-corrected chi connectivity index (χ2v) is 6.08. The highest BCUT2D eigenvalue weighted by molar-refractivity contribution is 6.00. The minimum Gasteiger partial charge on any atom is -0.465 e. The number of aromatic nitrogens is 1. The van der Waals surface area contributed by atoms with Gasteiger partial charge in [0.25, 0.3) is 0 Å². The van der Waals surface area contributed by atoms with E-state index in [1.807, 2.05) is 0 Å². The summed E-state index contributed by atoms with van der Waals surface area (Å²) in [5.41, 5.74) is 2.47. The quantitative estimate of drug-likeness (QED) is 0.426. The highest BCUT2D eigenvalue weighted by Crippen LogP contribution is 2.24. The van der Waals surface area contributed by atoms with Gasteiger partial charge in [0.05, 0.1) is 25.3 Å². The van der Waals surface area contributed by atoms with Gasteiger partial charge in [-0.2, -0.15) is 0 Å². The molecule has 8 nitrogen and oxygen atoms in total. The molecule has 0 atom stereocenters. The molecule has 0 radical (unpaired) electrons. The molecule has 0 bridgehead atoms. The minimum absolute atomic E-state index is 0.167. The molecule has 8 heteroatoms. The number of rotatable bonds is 6. The van der Waals surface area contributed by atoms with Gasteiger partial charge >= 0.3 is 17.9 Å². The normalized spacial score (nSPS) is 10.3. The Morgan fingerprint density at radius 3 is 1.89 bits per heavy atom. The minimum atomic E-state index is -0.611. The first-order chi connectivity index (χ1) is 13.2. The molecule has 148 valence electrons. The van der Waals surface area contributed by atoms with Gasteiger partial charge in [-0.3, -0.25) is 9.59 Å². The molecule has 2 aromatic rings. The van der Waals surface area contributed by atoms with Gasteiger partial charge < -0.3 is 18.8 Å². The van der Waals surface area contributed by atoms with Crippen molar-refractivity contribution in [2.75, 3.05) is 20.8 Å². The van der Waals surface area contributed by atoms with Crippen LogP contribution in [0.1, 0.15) is 49.4 Å². The summed E-state index contributed by atoms with van der Waals surface area (Å²) in [4.78, 5) is 47.3. The molecule has 28 heavy (non-hydrogen) atoms. The van der Waals surface area contributed by atoms with E-state index < -0.39 is 17.9 Å². The van der Waals surface area contributed by atoms with Crippen LogP contribution in [0, 0.1) is 13.8 Å². The number of Topliss-reactive ketones (excluding diaryl/α,β-unsaturated/α-hetero) is 1. The number of methoxy groups -OCH3 is 2. The van der Waals surface area contributed by atoms with Crippen LogP contribution in [0.5, 0.6) is 0 Å². The van der Waals surface area contributed by atoms with Gasteiger partial charge in [0.2, 0.25) is 5.78 Å². The fourth-order valence-electron chi connectivity index (χ4n) is 2.90. The standard InChI is InChI=1S/C20H21NO7/c1-11-6-17(18(23)10-28-13(3)22)12(2)21(11)16-8-14(19(24)26-4)7-15(9-16)20(25)27-5/h6-9H,10H2,1-5H3. The Morgan fingerprint density at radius 2 is 1.43 bits per heavy atom. The lowest BCUT2D eigenvalue weighted by molar-refractivity contribution is -0.139. The van der Waals surface area contributed by atoms with Gasteiger partial charge in [-0.25, -0.2) is 9.59 Å². The van der Waals surface area contributed by atoms with E-state index in [0.29, 0.717) is 22.6 Å². The Balaban J connectivity index is 2.58. The predicted octanol–water partition coefficient (Wildman–Crippen LogP) is 2.41. The molecule has 2 rings (SSSR count). The monoisotopic (exact) mass is 387 g/mol. The molecule has 0 aliphatic rings. The van der Waals surface area contributed by atoms with Crippen LogP contribution >= 0.6 is 0 Å². The maximum Gasteiger partial charge on any atom is 0.337 e. The van der Waals surface area contributed by atoms with Gasteiger partial charge in [0.1, 0.15) is 0 Å². The summed E-state index contributed by atoms with van der Waals surface area (Å²) >= 11 is 0. The van der Waals surface area contributed by atoms with Gasteiger partial charge in [0, 0.05) is 29.6 Å². The third-order valence-corrected chi connectivity index (χ3v) is 4.16. The number of ether oxygens (including phenoxy) is 3. The highest BCUT2D eigenvalue weighted by atomic mass is 16.5. The van der Waals surface area contributed by atoms with Crippen LogP contribution in [-0.4, -0.2) is 49.1 Å². The molecule has 0 saturated heterocycles. The molecule has 0 N–H and O–H groups in total. The molecule has 0 aliphatic heterocycles. The van der Waals surface area contributed by atoms with Crippen LogP contribution in [0.4, 0.5) is 0 Å². The summed E-state index contributed by atoms with van der Waals surface area (Å²) in [5.74, 6) is -2.12. The van der Waals surface area contributed by atoms with E-state index in [4.69, 9.17) is 14.2 Å². The molecule has 0 amide bonds. The Hall–Kier alpha value is -3.42. The molecular formula is C20H21NO7. The third kappa shape index (κ3) is 4.28. The Morgan fingerprint density at radius 1 is 0.893 bits per heavy atom. The maximum atomic E-state index is 12.4. The van der Waals surface area contributed by atoms with Crippen molar-refractivity contribution in [2.24, 2.45) is 0 Å². The van der Waals surface area contributed by atoms with Crippen molar-refractivity contribution < 1.29 is 33.4 Å². The third-order valence-electron chi connectivity index (χ3n) is 4.16. The van der Waals surface area contributed by atoms with Crippen LogP contribution in [-0.2, 0) is 19.0 Å². The summed E-state index contributed by atoms with van der Waals surface area (Å²) < 4.78 is 16.0. The van der Waals surface area contributed by atoms with Gasteiger partial charge in [-0.1, -0.05) is 0 Å². The molecule has 0 saturated carbocycles. The SMILES string of the molecule is COC(=O)c1cc(C(=O)OC)cc(-n2c(C)cc(C(=O)COC(C)=O)c2C)c1. The molecule has 1 aromatic heterocycles. The average molecular weight is 387 g/mol. The zero-order valence-electron chi connectivity index (χ0n) is 16.3.